The summed E-state index contributed by atoms with van der Waals surface area (Å²) >= 11 is 0. The molecule has 0 aliphatic carbocycles. The van der Waals surface area contributed by atoms with Crippen molar-refractivity contribution in [3.05, 3.63) is 12.2 Å². The van der Waals surface area contributed by atoms with E-state index in [0.717, 1.165) is 51.4 Å². The number of carbonyl (C=O) groups excluding carboxylic acids is 1. The van der Waals surface area contributed by atoms with Gasteiger partial charge in [-0.3, -0.25) is 4.79 Å². The molecule has 52 heavy (non-hydrogen) atoms. The average molecular weight is 750 g/mol. The molecule has 1 amide bonds. The molecule has 14 nitrogen and oxygen atoms in total. The van der Waals surface area contributed by atoms with E-state index >= 15 is 0 Å². The van der Waals surface area contributed by atoms with Crippen molar-refractivity contribution in [3.8, 4) is 0 Å². The number of carbonyl (C=O) groups is 1. The van der Waals surface area contributed by atoms with E-state index in [1.807, 2.05) is 6.08 Å². The Bertz CT molecular complexity index is 941. The molecule has 0 spiro atoms. The fraction of sp³-hybridized carbons (Fsp3) is 0.921. The first-order valence-electron chi connectivity index (χ1n) is 19.9. The van der Waals surface area contributed by atoms with Crippen LogP contribution in [0.15, 0.2) is 12.2 Å². The van der Waals surface area contributed by atoms with E-state index < -0.39 is 86.8 Å². The predicted molar refractivity (Wildman–Crippen MR) is 194 cm³/mol. The topological polar surface area (TPSA) is 228 Å². The van der Waals surface area contributed by atoms with Crippen LogP contribution < -0.4 is 5.32 Å². The summed E-state index contributed by atoms with van der Waals surface area (Å²) in [5, 5.41) is 85.8. The van der Waals surface area contributed by atoms with E-state index in [0.29, 0.717) is 6.42 Å². The molecule has 306 valence electrons. The molecule has 0 aromatic rings. The van der Waals surface area contributed by atoms with Gasteiger partial charge in [0.25, 0.3) is 0 Å². The molecule has 0 aromatic carbocycles. The molecular formula is C38H71NO13. The third-order valence-corrected chi connectivity index (χ3v) is 9.97. The molecule has 9 N–H and O–H groups in total. The van der Waals surface area contributed by atoms with Crippen molar-refractivity contribution in [2.45, 2.75) is 203 Å². The van der Waals surface area contributed by atoms with E-state index in [1.54, 1.807) is 6.08 Å². The summed E-state index contributed by atoms with van der Waals surface area (Å²) in [7, 11) is 0. The summed E-state index contributed by atoms with van der Waals surface area (Å²) in [5.41, 5.74) is 0. The quantitative estimate of drug-likeness (QED) is 0.0413. The van der Waals surface area contributed by atoms with Crippen molar-refractivity contribution in [2.75, 3.05) is 19.8 Å². The Kier molecular flexibility index (Phi) is 24.6. The Morgan fingerprint density at radius 1 is 0.673 bits per heavy atom. The minimum Gasteiger partial charge on any atom is -0.394 e. The highest BCUT2D eigenvalue weighted by atomic mass is 16.7. The minimum absolute atomic E-state index is 0.247. The molecule has 2 aliphatic heterocycles. The molecule has 0 aromatic heterocycles. The second-order valence-electron chi connectivity index (χ2n) is 14.4. The van der Waals surface area contributed by atoms with Gasteiger partial charge in [0.05, 0.1) is 32.0 Å². The molecule has 12 unspecified atom stereocenters. The van der Waals surface area contributed by atoms with Crippen molar-refractivity contribution in [2.24, 2.45) is 0 Å². The van der Waals surface area contributed by atoms with Gasteiger partial charge in [0, 0.05) is 6.42 Å². The number of nitrogens with one attached hydrogen (secondary N) is 1. The van der Waals surface area contributed by atoms with E-state index in [4.69, 9.17) is 18.9 Å². The monoisotopic (exact) mass is 749 g/mol. The van der Waals surface area contributed by atoms with Crippen LogP contribution in [0.2, 0.25) is 0 Å². The Labute approximate surface area is 310 Å². The van der Waals surface area contributed by atoms with Gasteiger partial charge >= 0.3 is 0 Å². The van der Waals surface area contributed by atoms with Crippen LogP contribution in [-0.4, -0.2) is 140 Å². The SMILES string of the molecule is CCCCCCC/C=C/C(O)C(COC1OC(CO)C(OC2OC(CO)C(O)C(O)C2O)C(O)C1O)NC(=O)CCCCCCCCCCCCC. The number of hydrogen-bond donors (Lipinski definition) is 9. The highest BCUT2D eigenvalue weighted by Crippen LogP contribution is 2.29. The molecule has 2 aliphatic rings. The molecule has 0 saturated carbocycles. The van der Waals surface area contributed by atoms with Crippen LogP contribution in [0, 0.1) is 0 Å². The second-order valence-corrected chi connectivity index (χ2v) is 14.4. The smallest absolute Gasteiger partial charge is 0.220 e. The van der Waals surface area contributed by atoms with Crippen molar-refractivity contribution in [3.63, 3.8) is 0 Å². The summed E-state index contributed by atoms with van der Waals surface area (Å²) in [6, 6.07) is -0.903. The number of unbranched alkanes of at least 4 members (excludes halogenated alkanes) is 15. The van der Waals surface area contributed by atoms with Gasteiger partial charge in [0.2, 0.25) is 5.91 Å². The van der Waals surface area contributed by atoms with Gasteiger partial charge in [0.15, 0.2) is 12.6 Å². The molecule has 2 saturated heterocycles. The number of aliphatic hydroxyl groups is 8. The van der Waals surface area contributed by atoms with Crippen molar-refractivity contribution < 1.29 is 64.6 Å². The van der Waals surface area contributed by atoms with Crippen LogP contribution in [0.5, 0.6) is 0 Å². The first-order chi connectivity index (χ1) is 25.1. The Balaban J connectivity index is 1.94. The highest BCUT2D eigenvalue weighted by molar-refractivity contribution is 5.76. The zero-order valence-electron chi connectivity index (χ0n) is 31.6. The average Bonchev–Trinajstić information content (AvgIpc) is 3.14. The number of rotatable bonds is 28. The first-order valence-corrected chi connectivity index (χ1v) is 19.9. The minimum atomic E-state index is -1.78. The first kappa shape index (κ1) is 46.9. The predicted octanol–water partition coefficient (Wildman–Crippen LogP) is 2.09. The molecule has 2 rings (SSSR count). The van der Waals surface area contributed by atoms with Gasteiger partial charge in [-0.25, -0.2) is 0 Å². The lowest BCUT2D eigenvalue weighted by atomic mass is 9.97. The van der Waals surface area contributed by atoms with E-state index in [1.165, 1.54) is 51.4 Å². The Hall–Kier alpha value is -1.27. The number of aliphatic hydroxyl groups excluding tert-OH is 8. The summed E-state index contributed by atoms with van der Waals surface area (Å²) in [6.07, 6.45) is 5.88. The number of allylic oxidation sites excluding steroid dienone is 1. The highest BCUT2D eigenvalue weighted by Gasteiger charge is 2.50. The summed E-state index contributed by atoms with van der Waals surface area (Å²) in [5.74, 6) is -0.247. The van der Waals surface area contributed by atoms with Crippen LogP contribution in [0.25, 0.3) is 0 Å². The lowest BCUT2D eigenvalue weighted by molar-refractivity contribution is -0.359. The number of hydrogen-bond acceptors (Lipinski definition) is 13. The maximum absolute atomic E-state index is 13.0. The Morgan fingerprint density at radius 2 is 1.19 bits per heavy atom. The fourth-order valence-electron chi connectivity index (χ4n) is 6.58. The standard InChI is InChI=1S/C38H71NO13/c1-3-5-7-9-11-12-13-14-16-18-20-22-30(43)39-26(27(42)21-19-17-15-10-8-6-4-2)25-49-37-35(48)33(46)36(29(24-41)51-37)52-38-34(47)32(45)31(44)28(23-40)50-38/h19,21,26-29,31-38,40-42,44-48H,3-18,20,22-25H2,1-2H3,(H,39,43)/b21-19+. The number of amides is 1. The van der Waals surface area contributed by atoms with Crippen LogP contribution >= 0.6 is 0 Å². The van der Waals surface area contributed by atoms with Gasteiger partial charge in [-0.1, -0.05) is 116 Å². The summed E-state index contributed by atoms with van der Waals surface area (Å²) in [4.78, 5) is 13.0. The molecule has 14 heteroatoms. The zero-order chi connectivity index (χ0) is 38.3. The van der Waals surface area contributed by atoms with E-state index in [2.05, 4.69) is 19.2 Å². The summed E-state index contributed by atoms with van der Waals surface area (Å²) in [6.45, 7) is 2.66. The van der Waals surface area contributed by atoms with Crippen LogP contribution in [0.4, 0.5) is 0 Å². The lowest BCUT2D eigenvalue weighted by Gasteiger charge is -2.46. The molecule has 12 atom stereocenters. The third kappa shape index (κ3) is 16.6. The van der Waals surface area contributed by atoms with Crippen molar-refractivity contribution in [1.82, 2.24) is 5.32 Å². The fourth-order valence-corrected chi connectivity index (χ4v) is 6.58. The van der Waals surface area contributed by atoms with Gasteiger partial charge in [-0.15, -0.1) is 0 Å². The van der Waals surface area contributed by atoms with Gasteiger partial charge in [-0.2, -0.15) is 0 Å². The molecule has 2 fully saturated rings. The molecule has 0 radical (unpaired) electrons. The van der Waals surface area contributed by atoms with Crippen LogP contribution in [-0.2, 0) is 23.7 Å². The lowest BCUT2D eigenvalue weighted by Crippen LogP contribution is -2.65. The van der Waals surface area contributed by atoms with Gasteiger partial charge in [-0.05, 0) is 19.3 Å². The van der Waals surface area contributed by atoms with E-state index in [9.17, 15) is 45.6 Å². The van der Waals surface area contributed by atoms with Crippen molar-refractivity contribution in [1.29, 1.82) is 0 Å². The van der Waals surface area contributed by atoms with Crippen LogP contribution in [0.1, 0.15) is 129 Å². The summed E-state index contributed by atoms with van der Waals surface area (Å²) < 4.78 is 22.5. The maximum Gasteiger partial charge on any atom is 0.220 e. The third-order valence-electron chi connectivity index (χ3n) is 9.97. The molecular weight excluding hydrogens is 678 g/mol. The van der Waals surface area contributed by atoms with Gasteiger partial charge < -0.3 is 65.1 Å². The van der Waals surface area contributed by atoms with Crippen molar-refractivity contribution >= 4 is 5.91 Å². The normalized spacial score (nSPS) is 30.8. The molecule has 0 bridgehead atoms. The zero-order valence-corrected chi connectivity index (χ0v) is 31.6. The largest absolute Gasteiger partial charge is 0.394 e. The second kappa shape index (κ2) is 27.3. The Morgan fingerprint density at radius 3 is 1.77 bits per heavy atom. The molecule has 2 heterocycles. The van der Waals surface area contributed by atoms with Gasteiger partial charge in [0.1, 0.15) is 48.8 Å². The number of ether oxygens (including phenoxy) is 4. The van der Waals surface area contributed by atoms with E-state index in [-0.39, 0.29) is 18.9 Å². The van der Waals surface area contributed by atoms with Crippen LogP contribution in [0.3, 0.4) is 0 Å². The maximum atomic E-state index is 13.0.